The molecular formula is C11H11F2N3O2S. The van der Waals surface area contributed by atoms with Crippen molar-refractivity contribution in [3.05, 3.63) is 48.1 Å². The summed E-state index contributed by atoms with van der Waals surface area (Å²) >= 11 is 0. The molecule has 0 bridgehead atoms. The summed E-state index contributed by atoms with van der Waals surface area (Å²) in [4.78, 5) is 6.35. The van der Waals surface area contributed by atoms with Crippen molar-refractivity contribution >= 4 is 10.0 Å². The molecule has 0 spiro atoms. The zero-order chi connectivity index (χ0) is 14.0. The fraction of sp³-hybridized carbons (Fsp3) is 0.182. The van der Waals surface area contributed by atoms with Gasteiger partial charge in [0.1, 0.15) is 5.82 Å². The minimum Gasteiger partial charge on any atom is -0.347 e. The summed E-state index contributed by atoms with van der Waals surface area (Å²) in [5.74, 6) is -1.84. The first-order chi connectivity index (χ1) is 8.91. The number of H-pyrrole nitrogens is 1. The van der Waals surface area contributed by atoms with Gasteiger partial charge in [-0.25, -0.2) is 22.2 Å². The van der Waals surface area contributed by atoms with Crippen LogP contribution in [0.2, 0.25) is 0 Å². The molecule has 102 valence electrons. The maximum absolute atomic E-state index is 13.1. The van der Waals surface area contributed by atoms with Crippen LogP contribution in [0.3, 0.4) is 0 Å². The van der Waals surface area contributed by atoms with E-state index in [2.05, 4.69) is 9.97 Å². The fourth-order valence-corrected chi connectivity index (χ4v) is 2.64. The number of nitrogens with zero attached hydrogens (tertiary/aromatic N) is 2. The van der Waals surface area contributed by atoms with Crippen LogP contribution in [0.25, 0.3) is 0 Å². The van der Waals surface area contributed by atoms with Gasteiger partial charge in [0.05, 0.1) is 11.4 Å². The Labute approximate surface area is 108 Å². The maximum Gasteiger partial charge on any atom is 0.243 e. The van der Waals surface area contributed by atoms with Gasteiger partial charge in [0.2, 0.25) is 10.0 Å². The first-order valence-electron chi connectivity index (χ1n) is 5.31. The van der Waals surface area contributed by atoms with Crippen LogP contribution >= 0.6 is 0 Å². The third kappa shape index (κ3) is 2.79. The average Bonchev–Trinajstić information content (AvgIpc) is 2.85. The highest BCUT2D eigenvalue weighted by Crippen LogP contribution is 2.18. The van der Waals surface area contributed by atoms with Gasteiger partial charge in [0.25, 0.3) is 0 Å². The molecule has 19 heavy (non-hydrogen) atoms. The summed E-state index contributed by atoms with van der Waals surface area (Å²) in [6.45, 7) is 0.00826. The topological polar surface area (TPSA) is 66.1 Å². The van der Waals surface area contributed by atoms with E-state index < -0.39 is 21.7 Å². The predicted molar refractivity (Wildman–Crippen MR) is 63.6 cm³/mol. The molecule has 1 aromatic carbocycles. The van der Waals surface area contributed by atoms with Crippen molar-refractivity contribution in [3.8, 4) is 0 Å². The molecule has 2 rings (SSSR count). The summed E-state index contributed by atoms with van der Waals surface area (Å²) in [5, 5.41) is 0. The molecule has 5 nitrogen and oxygen atoms in total. The number of benzene rings is 1. The zero-order valence-corrected chi connectivity index (χ0v) is 10.8. The summed E-state index contributed by atoms with van der Waals surface area (Å²) in [7, 11) is -2.56. The molecule has 0 fully saturated rings. The van der Waals surface area contributed by atoms with Crippen molar-refractivity contribution in [1.82, 2.24) is 14.3 Å². The molecule has 0 saturated heterocycles. The molecule has 0 unspecified atom stereocenters. The molecule has 0 amide bonds. The lowest BCUT2D eigenvalue weighted by molar-refractivity contribution is 0.455. The van der Waals surface area contributed by atoms with Gasteiger partial charge in [-0.2, -0.15) is 4.31 Å². The van der Waals surface area contributed by atoms with Crippen LogP contribution in [0, 0.1) is 11.6 Å². The van der Waals surface area contributed by atoms with Crippen LogP contribution in [0.15, 0.2) is 35.5 Å². The minimum absolute atomic E-state index is 0.00826. The van der Waals surface area contributed by atoms with Crippen LogP contribution in [-0.4, -0.2) is 29.7 Å². The van der Waals surface area contributed by atoms with Crippen LogP contribution in [-0.2, 0) is 16.6 Å². The first kappa shape index (κ1) is 13.6. The van der Waals surface area contributed by atoms with Gasteiger partial charge < -0.3 is 4.98 Å². The highest BCUT2D eigenvalue weighted by atomic mass is 32.2. The highest BCUT2D eigenvalue weighted by Gasteiger charge is 2.22. The average molecular weight is 287 g/mol. The van der Waals surface area contributed by atoms with Gasteiger partial charge in [-0.1, -0.05) is 0 Å². The maximum atomic E-state index is 13.1. The molecule has 0 saturated carbocycles. The van der Waals surface area contributed by atoms with Crippen LogP contribution in [0.1, 0.15) is 5.82 Å². The van der Waals surface area contributed by atoms with Crippen molar-refractivity contribution in [2.75, 3.05) is 7.05 Å². The molecule has 0 aliphatic carbocycles. The largest absolute Gasteiger partial charge is 0.347 e. The van der Waals surface area contributed by atoms with E-state index in [1.165, 1.54) is 13.2 Å². The summed E-state index contributed by atoms with van der Waals surface area (Å²) in [6.07, 6.45) is 3.06. The van der Waals surface area contributed by atoms with E-state index in [9.17, 15) is 17.2 Å². The Morgan fingerprint density at radius 2 is 2.05 bits per heavy atom. The van der Waals surface area contributed by atoms with E-state index in [1.54, 1.807) is 6.20 Å². The molecule has 0 aliphatic heterocycles. The molecule has 0 aliphatic rings. The lowest BCUT2D eigenvalue weighted by atomic mass is 10.3. The highest BCUT2D eigenvalue weighted by molar-refractivity contribution is 7.89. The van der Waals surface area contributed by atoms with Crippen molar-refractivity contribution in [2.45, 2.75) is 11.4 Å². The summed E-state index contributed by atoms with van der Waals surface area (Å²) in [6, 6.07) is 2.46. The normalized spacial score (nSPS) is 12.0. The molecular weight excluding hydrogens is 276 g/mol. The second-order valence-electron chi connectivity index (χ2n) is 3.87. The third-order valence-corrected chi connectivity index (χ3v) is 4.33. The Morgan fingerprint density at radius 1 is 1.32 bits per heavy atom. The molecule has 1 N–H and O–H groups in total. The van der Waals surface area contributed by atoms with E-state index in [0.29, 0.717) is 11.9 Å². The first-order valence-corrected chi connectivity index (χ1v) is 6.75. The standard InChI is InChI=1S/C11H11F2N3O2S/c1-16(7-11-14-4-5-15-11)19(17,18)8-2-3-9(12)10(13)6-8/h2-6H,7H2,1H3,(H,14,15). The molecule has 1 aromatic heterocycles. The summed E-state index contributed by atoms with van der Waals surface area (Å²) < 4.78 is 51.1. The number of aromatic nitrogens is 2. The van der Waals surface area contributed by atoms with E-state index in [-0.39, 0.29) is 11.4 Å². The quantitative estimate of drug-likeness (QED) is 0.927. The van der Waals surface area contributed by atoms with E-state index in [4.69, 9.17) is 0 Å². The molecule has 1 heterocycles. The Hall–Kier alpha value is -1.80. The Morgan fingerprint density at radius 3 is 2.63 bits per heavy atom. The van der Waals surface area contributed by atoms with E-state index in [0.717, 1.165) is 16.4 Å². The Balaban J connectivity index is 2.28. The minimum atomic E-state index is -3.89. The van der Waals surface area contributed by atoms with E-state index in [1.807, 2.05) is 0 Å². The molecule has 0 atom stereocenters. The lowest BCUT2D eigenvalue weighted by Crippen LogP contribution is -2.27. The molecule has 0 radical (unpaired) electrons. The lowest BCUT2D eigenvalue weighted by Gasteiger charge is -2.16. The number of halogens is 2. The Bertz CT molecular complexity index is 671. The zero-order valence-electron chi connectivity index (χ0n) is 9.97. The second kappa shape index (κ2) is 5.06. The fourth-order valence-electron chi connectivity index (χ4n) is 1.50. The molecule has 8 heteroatoms. The number of nitrogens with one attached hydrogen (secondary N) is 1. The number of hydrogen-bond acceptors (Lipinski definition) is 3. The van der Waals surface area contributed by atoms with Gasteiger partial charge in [-0.05, 0) is 18.2 Å². The van der Waals surface area contributed by atoms with Crippen molar-refractivity contribution in [3.63, 3.8) is 0 Å². The van der Waals surface area contributed by atoms with E-state index >= 15 is 0 Å². The van der Waals surface area contributed by atoms with Gasteiger partial charge in [-0.3, -0.25) is 0 Å². The van der Waals surface area contributed by atoms with Crippen molar-refractivity contribution < 1.29 is 17.2 Å². The number of sulfonamides is 1. The van der Waals surface area contributed by atoms with Crippen molar-refractivity contribution in [1.29, 1.82) is 0 Å². The van der Waals surface area contributed by atoms with Gasteiger partial charge >= 0.3 is 0 Å². The monoisotopic (exact) mass is 287 g/mol. The number of aromatic amines is 1. The Kier molecular flexibility index (Phi) is 3.63. The second-order valence-corrected chi connectivity index (χ2v) is 5.92. The van der Waals surface area contributed by atoms with Gasteiger partial charge in [-0.15, -0.1) is 0 Å². The predicted octanol–water partition coefficient (Wildman–Crippen LogP) is 1.51. The van der Waals surface area contributed by atoms with Gasteiger partial charge in [0.15, 0.2) is 11.6 Å². The SMILES string of the molecule is CN(Cc1ncc[nH]1)S(=O)(=O)c1ccc(F)c(F)c1. The third-order valence-electron chi connectivity index (χ3n) is 2.53. The van der Waals surface area contributed by atoms with Crippen LogP contribution in [0.5, 0.6) is 0 Å². The van der Waals surface area contributed by atoms with Crippen LogP contribution in [0.4, 0.5) is 8.78 Å². The van der Waals surface area contributed by atoms with Crippen molar-refractivity contribution in [2.24, 2.45) is 0 Å². The van der Waals surface area contributed by atoms with Crippen LogP contribution < -0.4 is 0 Å². The number of rotatable bonds is 4. The number of hydrogen-bond donors (Lipinski definition) is 1. The number of imidazole rings is 1. The molecule has 2 aromatic rings. The van der Waals surface area contributed by atoms with Gasteiger partial charge in [0, 0.05) is 19.4 Å². The smallest absolute Gasteiger partial charge is 0.243 e. The summed E-state index contributed by atoms with van der Waals surface area (Å²) in [5.41, 5.74) is 0.